The number of nitrogens with one attached hydrogen (secondary N) is 2. The minimum Gasteiger partial charge on any atom is -0.495 e. The molecule has 0 unspecified atom stereocenters. The summed E-state index contributed by atoms with van der Waals surface area (Å²) in [5, 5.41) is 6.46. The van der Waals surface area contributed by atoms with Crippen LogP contribution in [0.5, 0.6) is 23.0 Å². The summed E-state index contributed by atoms with van der Waals surface area (Å²) in [6.45, 7) is 4.31. The van der Waals surface area contributed by atoms with Crippen molar-refractivity contribution in [3.05, 3.63) is 100 Å². The van der Waals surface area contributed by atoms with Gasteiger partial charge in [-0.05, 0) is 73.7 Å². The average Bonchev–Trinajstić information content (AvgIpc) is 3.00. The molecule has 3 aromatic carbocycles. The topological polar surface area (TPSA) is 95.1 Å². The number of dihydropyridines is 1. The second kappa shape index (κ2) is 12.4. The van der Waals surface area contributed by atoms with Gasteiger partial charge in [0.05, 0.1) is 33.6 Å². The number of para-hydroxylation sites is 2. The first-order chi connectivity index (χ1) is 20.4. The highest BCUT2D eigenvalue weighted by Gasteiger charge is 2.41. The van der Waals surface area contributed by atoms with E-state index in [4.69, 9.17) is 18.9 Å². The van der Waals surface area contributed by atoms with Crippen molar-refractivity contribution in [3.63, 3.8) is 0 Å². The fraction of sp³-hybridized carbons (Fsp3) is 0.294. The van der Waals surface area contributed by atoms with Gasteiger partial charge >= 0.3 is 0 Å². The Morgan fingerprint density at radius 2 is 1.64 bits per heavy atom. The van der Waals surface area contributed by atoms with E-state index in [-0.39, 0.29) is 17.6 Å². The predicted molar refractivity (Wildman–Crippen MR) is 161 cm³/mol. The molecule has 1 heterocycles. The third kappa shape index (κ3) is 5.57. The molecule has 1 aliphatic carbocycles. The van der Waals surface area contributed by atoms with Crippen LogP contribution in [0.4, 0.5) is 5.69 Å². The van der Waals surface area contributed by atoms with Gasteiger partial charge in [0.1, 0.15) is 11.5 Å². The Bertz CT molecular complexity index is 1570. The van der Waals surface area contributed by atoms with Crippen LogP contribution in [-0.2, 0) is 9.59 Å². The Hall–Kier alpha value is -4.72. The zero-order valence-corrected chi connectivity index (χ0v) is 24.6. The molecule has 0 saturated carbocycles. The lowest BCUT2D eigenvalue weighted by molar-refractivity contribution is -0.116. The highest BCUT2D eigenvalue weighted by atomic mass is 16.5. The number of carbonyl (C=O) groups excluding carboxylic acids is 2. The van der Waals surface area contributed by atoms with E-state index in [9.17, 15) is 9.59 Å². The normalized spacial score (nSPS) is 18.2. The Morgan fingerprint density at radius 3 is 2.38 bits per heavy atom. The summed E-state index contributed by atoms with van der Waals surface area (Å²) in [6.07, 6.45) is 0.912. The number of ether oxygens (including phenoxy) is 4. The van der Waals surface area contributed by atoms with Crippen molar-refractivity contribution in [2.75, 3.05) is 33.3 Å². The highest BCUT2D eigenvalue weighted by molar-refractivity contribution is 6.10. The van der Waals surface area contributed by atoms with Crippen molar-refractivity contribution in [1.29, 1.82) is 0 Å². The molecule has 218 valence electrons. The highest BCUT2D eigenvalue weighted by Crippen LogP contribution is 2.47. The first kappa shape index (κ1) is 28.8. The zero-order chi connectivity index (χ0) is 29.8. The fourth-order valence-corrected chi connectivity index (χ4v) is 5.90. The summed E-state index contributed by atoms with van der Waals surface area (Å²) in [7, 11) is 4.76. The molecule has 1 aliphatic heterocycles. The molecule has 2 atom stereocenters. The van der Waals surface area contributed by atoms with E-state index < -0.39 is 5.92 Å². The number of methoxy groups -OCH3 is 3. The van der Waals surface area contributed by atoms with E-state index in [1.165, 1.54) is 0 Å². The maximum absolute atomic E-state index is 14.1. The summed E-state index contributed by atoms with van der Waals surface area (Å²) in [4.78, 5) is 28.0. The zero-order valence-electron chi connectivity index (χ0n) is 24.6. The Balaban J connectivity index is 1.57. The molecule has 0 aromatic heterocycles. The van der Waals surface area contributed by atoms with E-state index in [0.717, 1.165) is 16.8 Å². The number of rotatable bonds is 9. The predicted octanol–water partition coefficient (Wildman–Crippen LogP) is 6.11. The maximum Gasteiger partial charge on any atom is 0.254 e. The Labute approximate surface area is 246 Å². The van der Waals surface area contributed by atoms with E-state index in [1.54, 1.807) is 33.5 Å². The molecule has 0 bridgehead atoms. The minimum atomic E-state index is -0.574. The van der Waals surface area contributed by atoms with Crippen LogP contribution in [-0.4, -0.2) is 39.6 Å². The monoisotopic (exact) mass is 568 g/mol. The molecule has 2 aliphatic rings. The SMILES string of the molecule is CCOc1cccc([C@H]2C(C(=O)Nc3ccccc3OC)=C(C)NC3=C2C(=O)C[C@@H](c2ccc(OC)c(OC)c2)C3)c1. The van der Waals surface area contributed by atoms with Crippen molar-refractivity contribution >= 4 is 17.4 Å². The quantitative estimate of drug-likeness (QED) is 0.322. The van der Waals surface area contributed by atoms with Crippen LogP contribution in [0.3, 0.4) is 0 Å². The second-order valence-corrected chi connectivity index (χ2v) is 10.3. The lowest BCUT2D eigenvalue weighted by atomic mass is 9.71. The molecule has 5 rings (SSSR count). The minimum absolute atomic E-state index is 0.00885. The molecule has 8 nitrogen and oxygen atoms in total. The smallest absolute Gasteiger partial charge is 0.254 e. The summed E-state index contributed by atoms with van der Waals surface area (Å²) >= 11 is 0. The number of ketones is 1. The van der Waals surface area contributed by atoms with Crippen molar-refractivity contribution in [1.82, 2.24) is 5.32 Å². The third-order valence-electron chi connectivity index (χ3n) is 7.81. The van der Waals surface area contributed by atoms with Crippen LogP contribution in [0.15, 0.2) is 89.3 Å². The first-order valence-electron chi connectivity index (χ1n) is 14.0. The maximum atomic E-state index is 14.1. The van der Waals surface area contributed by atoms with Crippen molar-refractivity contribution in [2.45, 2.75) is 38.5 Å². The number of hydrogen-bond acceptors (Lipinski definition) is 7. The molecule has 8 heteroatoms. The van der Waals surface area contributed by atoms with Crippen molar-refractivity contribution in [3.8, 4) is 23.0 Å². The Morgan fingerprint density at radius 1 is 0.881 bits per heavy atom. The van der Waals surface area contributed by atoms with Gasteiger partial charge in [0.2, 0.25) is 0 Å². The van der Waals surface area contributed by atoms with E-state index in [1.807, 2.05) is 68.4 Å². The van der Waals surface area contributed by atoms with Crippen LogP contribution < -0.4 is 29.6 Å². The number of carbonyl (C=O) groups is 2. The van der Waals surface area contributed by atoms with Crippen LogP contribution in [0, 0.1) is 0 Å². The standard InChI is InChI=1S/C34H36N2O6/c1-6-42-24-11-9-10-22(16-24)32-31(34(38)36-25-12-7-8-13-28(25)39-3)20(2)35-26-17-23(18-27(37)33(26)32)21-14-15-29(40-4)30(19-21)41-5/h7-16,19,23,32,35H,6,17-18H2,1-5H3,(H,36,38)/t23-,32-/m0/s1. The summed E-state index contributed by atoms with van der Waals surface area (Å²) in [5.74, 6) is 1.54. The van der Waals surface area contributed by atoms with Gasteiger partial charge in [-0.2, -0.15) is 0 Å². The number of amides is 1. The molecule has 42 heavy (non-hydrogen) atoms. The lowest BCUT2D eigenvalue weighted by Crippen LogP contribution is -2.37. The van der Waals surface area contributed by atoms with E-state index >= 15 is 0 Å². The molecular weight excluding hydrogens is 532 g/mol. The molecule has 3 aromatic rings. The van der Waals surface area contributed by atoms with Gasteiger partial charge in [-0.15, -0.1) is 0 Å². The van der Waals surface area contributed by atoms with Gasteiger partial charge in [0, 0.05) is 34.9 Å². The fourth-order valence-electron chi connectivity index (χ4n) is 5.90. The molecule has 0 spiro atoms. The van der Waals surface area contributed by atoms with E-state index in [0.29, 0.717) is 65.0 Å². The van der Waals surface area contributed by atoms with Gasteiger partial charge in [-0.3, -0.25) is 9.59 Å². The number of anilines is 1. The molecule has 1 amide bonds. The van der Waals surface area contributed by atoms with Gasteiger partial charge in [0.15, 0.2) is 17.3 Å². The van der Waals surface area contributed by atoms with Gasteiger partial charge < -0.3 is 29.6 Å². The molecular formula is C34H36N2O6. The van der Waals surface area contributed by atoms with Crippen molar-refractivity contribution in [2.24, 2.45) is 0 Å². The van der Waals surface area contributed by atoms with E-state index in [2.05, 4.69) is 10.6 Å². The van der Waals surface area contributed by atoms with Crippen LogP contribution in [0.2, 0.25) is 0 Å². The van der Waals surface area contributed by atoms with Gasteiger partial charge in [-0.25, -0.2) is 0 Å². The molecule has 0 saturated heterocycles. The van der Waals surface area contributed by atoms with Gasteiger partial charge in [0.25, 0.3) is 5.91 Å². The Kier molecular flexibility index (Phi) is 8.52. The van der Waals surface area contributed by atoms with Gasteiger partial charge in [-0.1, -0.05) is 30.3 Å². The summed E-state index contributed by atoms with van der Waals surface area (Å²) < 4.78 is 22.2. The average molecular weight is 569 g/mol. The largest absolute Gasteiger partial charge is 0.495 e. The third-order valence-corrected chi connectivity index (χ3v) is 7.81. The summed E-state index contributed by atoms with van der Waals surface area (Å²) in [6, 6.07) is 20.7. The first-order valence-corrected chi connectivity index (χ1v) is 14.0. The van der Waals surface area contributed by atoms with Crippen LogP contribution >= 0.6 is 0 Å². The van der Waals surface area contributed by atoms with Crippen LogP contribution in [0.1, 0.15) is 49.7 Å². The number of allylic oxidation sites excluding steroid dienone is 3. The summed E-state index contributed by atoms with van der Waals surface area (Å²) in [5.41, 5.74) is 4.96. The lowest BCUT2D eigenvalue weighted by Gasteiger charge is -2.37. The number of Topliss-reactive ketones (excluding diaryl/α,β-unsaturated/α-hetero) is 1. The molecule has 0 radical (unpaired) electrons. The molecule has 2 N–H and O–H groups in total. The molecule has 0 fully saturated rings. The second-order valence-electron chi connectivity index (χ2n) is 10.3. The van der Waals surface area contributed by atoms with Crippen LogP contribution in [0.25, 0.3) is 0 Å². The number of hydrogen-bond donors (Lipinski definition) is 2. The number of benzene rings is 3. The van der Waals surface area contributed by atoms with Crippen molar-refractivity contribution < 1.29 is 28.5 Å².